The molecule has 3 aliphatic rings. The lowest BCUT2D eigenvalue weighted by molar-refractivity contribution is 0.311. The molecule has 2 nitrogen and oxygen atoms in total. The molecule has 0 spiro atoms. The molecule has 2 unspecified atom stereocenters. The van der Waals surface area contributed by atoms with Gasteiger partial charge in [0.25, 0.3) is 0 Å². The molecule has 4 rings (SSSR count). The molecule has 0 heterocycles. The van der Waals surface area contributed by atoms with Crippen LogP contribution < -0.4 is 4.43 Å². The zero-order chi connectivity index (χ0) is 21.5. The molecule has 2 bridgehead atoms. The third-order valence-corrected chi connectivity index (χ3v) is 12.5. The molecule has 0 radical (unpaired) electrons. The molecule has 0 amide bonds. The van der Waals surface area contributed by atoms with Crippen LogP contribution in [0.25, 0.3) is 5.76 Å². The highest BCUT2D eigenvalue weighted by Crippen LogP contribution is 2.53. The van der Waals surface area contributed by atoms with Crippen LogP contribution in [-0.4, -0.2) is 15.4 Å². The minimum Gasteiger partial charge on any atom is -0.543 e. The van der Waals surface area contributed by atoms with Crippen molar-refractivity contribution in [1.29, 1.82) is 0 Å². The predicted molar refractivity (Wildman–Crippen MR) is 129 cm³/mol. The second-order valence-corrected chi connectivity index (χ2v) is 15.8. The minimum absolute atomic E-state index is 0.190. The zero-order valence-electron chi connectivity index (χ0n) is 19.9. The van der Waals surface area contributed by atoms with Gasteiger partial charge in [-0.3, -0.25) is 0 Å². The summed E-state index contributed by atoms with van der Waals surface area (Å²) in [6, 6.07) is 8.70. The summed E-state index contributed by atoms with van der Waals surface area (Å²) in [7, 11) is 0.00184. The third-order valence-electron chi connectivity index (χ3n) is 8.14. The largest absolute Gasteiger partial charge is 0.543 e. The lowest BCUT2D eigenvalue weighted by Crippen LogP contribution is -2.43. The van der Waals surface area contributed by atoms with E-state index in [-0.39, 0.29) is 5.04 Å². The molecule has 0 aromatic heterocycles. The first-order chi connectivity index (χ1) is 14.2. The fourth-order valence-electron chi connectivity index (χ4n) is 5.57. The number of fused-ring (bicyclic) bond motifs is 3. The lowest BCUT2D eigenvalue weighted by atomic mass is 9.62. The first-order valence-corrected chi connectivity index (χ1v) is 14.9. The van der Waals surface area contributed by atoms with E-state index in [0.717, 1.165) is 11.5 Å². The Morgan fingerprint density at radius 3 is 2.53 bits per heavy atom. The third kappa shape index (κ3) is 4.02. The highest BCUT2D eigenvalue weighted by Gasteiger charge is 2.40. The Bertz CT molecular complexity index is 856. The molecule has 1 fully saturated rings. The van der Waals surface area contributed by atoms with Gasteiger partial charge in [0, 0.05) is 11.5 Å². The van der Waals surface area contributed by atoms with Gasteiger partial charge in [-0.1, -0.05) is 50.5 Å². The average Bonchev–Trinajstić information content (AvgIpc) is 2.68. The van der Waals surface area contributed by atoms with E-state index in [0.29, 0.717) is 11.8 Å². The van der Waals surface area contributed by atoms with Crippen LogP contribution in [-0.2, 0) is 4.74 Å². The van der Waals surface area contributed by atoms with Crippen LogP contribution in [0.15, 0.2) is 41.0 Å². The van der Waals surface area contributed by atoms with E-state index >= 15 is 0 Å². The quantitative estimate of drug-likeness (QED) is 0.276. The zero-order valence-corrected chi connectivity index (χ0v) is 20.9. The van der Waals surface area contributed by atoms with E-state index < -0.39 is 8.32 Å². The maximum atomic E-state index is 6.62. The summed E-state index contributed by atoms with van der Waals surface area (Å²) in [5.74, 6) is 3.41. The van der Waals surface area contributed by atoms with Gasteiger partial charge in [-0.05, 0) is 86.7 Å². The molecule has 1 saturated carbocycles. The number of methoxy groups -OCH3 is 1. The summed E-state index contributed by atoms with van der Waals surface area (Å²) in [4.78, 5) is 0. The second-order valence-electron chi connectivity index (χ2n) is 11.1. The number of hydrogen-bond acceptors (Lipinski definition) is 2. The van der Waals surface area contributed by atoms with Crippen LogP contribution >= 0.6 is 0 Å². The van der Waals surface area contributed by atoms with E-state index in [9.17, 15) is 0 Å². The molecule has 3 aliphatic carbocycles. The Hall–Kier alpha value is -1.48. The number of ether oxygens (including phenoxy) is 1. The van der Waals surface area contributed by atoms with Crippen LogP contribution in [0.1, 0.15) is 77.7 Å². The fourth-order valence-corrected chi connectivity index (χ4v) is 6.60. The maximum Gasteiger partial charge on any atom is 0.250 e. The van der Waals surface area contributed by atoms with Gasteiger partial charge < -0.3 is 9.16 Å². The summed E-state index contributed by atoms with van der Waals surface area (Å²) >= 11 is 0. The van der Waals surface area contributed by atoms with E-state index in [1.807, 2.05) is 7.11 Å². The van der Waals surface area contributed by atoms with Gasteiger partial charge in [0.2, 0.25) is 8.32 Å². The molecule has 1 aromatic carbocycles. The number of rotatable bonds is 4. The van der Waals surface area contributed by atoms with Crippen molar-refractivity contribution >= 4 is 14.1 Å². The number of allylic oxidation sites excluding steroid dienone is 3. The molecular formula is C27H40O2Si. The predicted octanol–water partition coefficient (Wildman–Crippen LogP) is 8.12. The molecule has 164 valence electrons. The van der Waals surface area contributed by atoms with Crippen molar-refractivity contribution in [2.24, 2.45) is 11.8 Å². The highest BCUT2D eigenvalue weighted by molar-refractivity contribution is 6.74. The normalized spacial score (nSPS) is 26.2. The van der Waals surface area contributed by atoms with Crippen molar-refractivity contribution < 1.29 is 9.16 Å². The first-order valence-electron chi connectivity index (χ1n) is 12.0. The molecule has 0 saturated heterocycles. The standard InChI is InChI=1S/C27H40O2Si/c1-27(2,3)30(5,6)29-22-14-9-13-21(18-22)26(28-4)25-20-12-10-16-24(25)23-15-8-7-11-19(23)17-20/h9,13-14,18,20,24H,7-8,10-12,15-17H2,1-6H3. The number of benzene rings is 1. The first kappa shape index (κ1) is 21.7. The summed E-state index contributed by atoms with van der Waals surface area (Å²) in [5, 5.41) is 0.190. The molecule has 2 atom stereocenters. The Balaban J connectivity index is 1.72. The van der Waals surface area contributed by atoms with Crippen molar-refractivity contribution in [1.82, 2.24) is 0 Å². The van der Waals surface area contributed by atoms with Crippen molar-refractivity contribution in [3.63, 3.8) is 0 Å². The molecule has 0 N–H and O–H groups in total. The molecule has 30 heavy (non-hydrogen) atoms. The Kier molecular flexibility index (Phi) is 5.96. The van der Waals surface area contributed by atoms with E-state index in [4.69, 9.17) is 9.16 Å². The van der Waals surface area contributed by atoms with Crippen molar-refractivity contribution in [2.75, 3.05) is 7.11 Å². The van der Waals surface area contributed by atoms with Crippen LogP contribution in [0.5, 0.6) is 5.75 Å². The Morgan fingerprint density at radius 1 is 1.03 bits per heavy atom. The van der Waals surface area contributed by atoms with Gasteiger partial charge >= 0.3 is 0 Å². The number of hydrogen-bond donors (Lipinski definition) is 0. The van der Waals surface area contributed by atoms with Gasteiger partial charge in [-0.15, -0.1) is 0 Å². The van der Waals surface area contributed by atoms with Crippen molar-refractivity contribution in [3.8, 4) is 5.75 Å². The monoisotopic (exact) mass is 424 g/mol. The van der Waals surface area contributed by atoms with Crippen LogP contribution in [0.3, 0.4) is 0 Å². The van der Waals surface area contributed by atoms with Gasteiger partial charge in [0.1, 0.15) is 11.5 Å². The average molecular weight is 425 g/mol. The highest BCUT2D eigenvalue weighted by atomic mass is 28.4. The van der Waals surface area contributed by atoms with Crippen molar-refractivity contribution in [3.05, 3.63) is 46.5 Å². The van der Waals surface area contributed by atoms with Crippen LogP contribution in [0.4, 0.5) is 0 Å². The van der Waals surface area contributed by atoms with E-state index in [2.05, 4.69) is 58.1 Å². The van der Waals surface area contributed by atoms with E-state index in [1.54, 1.807) is 16.7 Å². The summed E-state index contributed by atoms with van der Waals surface area (Å²) in [6.07, 6.45) is 10.7. The summed E-state index contributed by atoms with van der Waals surface area (Å²) < 4.78 is 12.8. The van der Waals surface area contributed by atoms with Gasteiger partial charge in [-0.25, -0.2) is 0 Å². The van der Waals surface area contributed by atoms with Crippen LogP contribution in [0, 0.1) is 11.8 Å². The van der Waals surface area contributed by atoms with E-state index in [1.165, 1.54) is 56.9 Å². The lowest BCUT2D eigenvalue weighted by Gasteiger charge is -2.43. The minimum atomic E-state index is -1.86. The summed E-state index contributed by atoms with van der Waals surface area (Å²) in [6.45, 7) is 11.5. The van der Waals surface area contributed by atoms with Gasteiger partial charge in [0.05, 0.1) is 7.11 Å². The maximum absolute atomic E-state index is 6.62. The van der Waals surface area contributed by atoms with Gasteiger partial charge in [0.15, 0.2) is 0 Å². The smallest absolute Gasteiger partial charge is 0.250 e. The topological polar surface area (TPSA) is 18.5 Å². The van der Waals surface area contributed by atoms with Crippen molar-refractivity contribution in [2.45, 2.75) is 90.3 Å². The molecule has 0 aliphatic heterocycles. The van der Waals surface area contributed by atoms with Gasteiger partial charge in [-0.2, -0.15) is 0 Å². The van der Waals surface area contributed by atoms with Crippen LogP contribution in [0.2, 0.25) is 18.1 Å². The Morgan fingerprint density at radius 2 is 1.80 bits per heavy atom. The molecule has 1 aromatic rings. The SMILES string of the molecule is COC(=C1C2CCCC1C1=C(CCCC1)C2)c1cccc(O[Si](C)(C)C(C)(C)C)c1. The second kappa shape index (κ2) is 8.22. The summed E-state index contributed by atoms with van der Waals surface area (Å²) in [5.41, 5.74) is 6.36. The molecule has 3 heteroatoms. The fraction of sp³-hybridized carbons (Fsp3) is 0.630. The molecular weight excluding hydrogens is 384 g/mol. The Labute approximate surface area is 184 Å².